The van der Waals surface area contributed by atoms with Crippen molar-refractivity contribution in [2.45, 2.75) is 31.7 Å². The molecule has 1 aromatic heterocycles. The lowest BCUT2D eigenvalue weighted by Gasteiger charge is -2.35. The van der Waals surface area contributed by atoms with E-state index in [0.717, 1.165) is 32.4 Å². The Morgan fingerprint density at radius 2 is 2.53 bits per heavy atom. The van der Waals surface area contributed by atoms with E-state index >= 15 is 0 Å². The molecule has 1 aliphatic heterocycles. The van der Waals surface area contributed by atoms with Crippen molar-refractivity contribution >= 4 is 5.91 Å². The van der Waals surface area contributed by atoms with Crippen LogP contribution in [0.2, 0.25) is 0 Å². The van der Waals surface area contributed by atoms with Crippen LogP contribution in [-0.4, -0.2) is 52.4 Å². The highest BCUT2D eigenvalue weighted by Crippen LogP contribution is 2.20. The van der Waals surface area contributed by atoms with Gasteiger partial charge < -0.3 is 10.2 Å². The molecule has 0 bridgehead atoms. The third kappa shape index (κ3) is 2.82. The number of likely N-dealkylation sites (tertiary alicyclic amines) is 1. The Bertz CT molecular complexity index is 351. The molecule has 0 saturated carbocycles. The molecule has 1 atom stereocenters. The molecule has 0 aromatic carbocycles. The predicted octanol–water partition coefficient (Wildman–Crippen LogP) is 0.409. The molecule has 17 heavy (non-hydrogen) atoms. The molecule has 1 fully saturated rings. The number of rotatable bonds is 4. The molecule has 1 amide bonds. The van der Waals surface area contributed by atoms with Crippen molar-refractivity contribution < 1.29 is 4.79 Å². The normalized spacial score (nSPS) is 20.5. The van der Waals surface area contributed by atoms with Crippen LogP contribution in [0.5, 0.6) is 0 Å². The fourth-order valence-electron chi connectivity index (χ4n) is 2.33. The number of hydrogen-bond acceptors (Lipinski definition) is 4. The lowest BCUT2D eigenvalue weighted by Crippen LogP contribution is -2.44. The SMILES string of the molecule is CNCCC1CCCCN1C(=O)c1cn[nH]n1. The number of hydrogen-bond donors (Lipinski definition) is 2. The fourth-order valence-corrected chi connectivity index (χ4v) is 2.33. The Hall–Kier alpha value is -1.43. The summed E-state index contributed by atoms with van der Waals surface area (Å²) in [5.41, 5.74) is 0.418. The first-order valence-corrected chi connectivity index (χ1v) is 6.14. The van der Waals surface area contributed by atoms with E-state index in [1.54, 1.807) is 0 Å². The highest BCUT2D eigenvalue weighted by Gasteiger charge is 2.28. The minimum absolute atomic E-state index is 0.000414. The molecular formula is C11H19N5O. The molecule has 1 aromatic rings. The van der Waals surface area contributed by atoms with Crippen LogP contribution >= 0.6 is 0 Å². The molecule has 6 heteroatoms. The maximum atomic E-state index is 12.2. The number of aromatic amines is 1. The molecule has 1 aliphatic rings. The summed E-state index contributed by atoms with van der Waals surface area (Å²) in [4.78, 5) is 14.2. The van der Waals surface area contributed by atoms with Crippen LogP contribution in [0.25, 0.3) is 0 Å². The summed E-state index contributed by atoms with van der Waals surface area (Å²) < 4.78 is 0. The number of H-pyrrole nitrogens is 1. The van der Waals surface area contributed by atoms with Gasteiger partial charge in [0.15, 0.2) is 5.69 Å². The van der Waals surface area contributed by atoms with Gasteiger partial charge in [0.1, 0.15) is 0 Å². The highest BCUT2D eigenvalue weighted by atomic mass is 16.2. The minimum atomic E-state index is -0.000414. The van der Waals surface area contributed by atoms with E-state index in [2.05, 4.69) is 20.7 Å². The van der Waals surface area contributed by atoms with Crippen molar-refractivity contribution in [3.8, 4) is 0 Å². The van der Waals surface area contributed by atoms with Crippen LogP contribution in [0.1, 0.15) is 36.2 Å². The van der Waals surface area contributed by atoms with E-state index in [9.17, 15) is 4.79 Å². The lowest BCUT2D eigenvalue weighted by atomic mass is 9.99. The van der Waals surface area contributed by atoms with Crippen LogP contribution in [-0.2, 0) is 0 Å². The second-order valence-electron chi connectivity index (χ2n) is 4.40. The van der Waals surface area contributed by atoms with Crippen molar-refractivity contribution in [3.63, 3.8) is 0 Å². The van der Waals surface area contributed by atoms with Gasteiger partial charge in [0.2, 0.25) is 0 Å². The van der Waals surface area contributed by atoms with Gasteiger partial charge in [-0.3, -0.25) is 4.79 Å². The number of nitrogens with one attached hydrogen (secondary N) is 2. The Balaban J connectivity index is 2.03. The predicted molar refractivity (Wildman–Crippen MR) is 63.6 cm³/mol. The van der Waals surface area contributed by atoms with E-state index < -0.39 is 0 Å². The van der Waals surface area contributed by atoms with Gasteiger partial charge in [0.05, 0.1) is 6.20 Å². The van der Waals surface area contributed by atoms with E-state index in [-0.39, 0.29) is 5.91 Å². The van der Waals surface area contributed by atoms with Gasteiger partial charge in [-0.1, -0.05) is 0 Å². The number of aromatic nitrogens is 3. The Labute approximate surface area is 101 Å². The van der Waals surface area contributed by atoms with Crippen molar-refractivity contribution in [2.24, 2.45) is 0 Å². The van der Waals surface area contributed by atoms with Gasteiger partial charge in [0.25, 0.3) is 5.91 Å². The Morgan fingerprint density at radius 3 is 3.24 bits per heavy atom. The molecule has 6 nitrogen and oxygen atoms in total. The van der Waals surface area contributed by atoms with E-state index in [4.69, 9.17) is 0 Å². The smallest absolute Gasteiger partial charge is 0.276 e. The van der Waals surface area contributed by atoms with Gasteiger partial charge in [-0.15, -0.1) is 0 Å². The molecule has 2 N–H and O–H groups in total. The summed E-state index contributed by atoms with van der Waals surface area (Å²) in [5.74, 6) is -0.000414. The summed E-state index contributed by atoms with van der Waals surface area (Å²) in [5, 5.41) is 13.2. The highest BCUT2D eigenvalue weighted by molar-refractivity contribution is 5.92. The maximum absolute atomic E-state index is 12.2. The van der Waals surface area contributed by atoms with Crippen LogP contribution < -0.4 is 5.32 Å². The third-order valence-electron chi connectivity index (χ3n) is 3.25. The molecule has 1 unspecified atom stereocenters. The topological polar surface area (TPSA) is 73.9 Å². The molecule has 2 rings (SSSR count). The minimum Gasteiger partial charge on any atom is -0.334 e. The average Bonchev–Trinajstić information content (AvgIpc) is 2.89. The first kappa shape index (κ1) is 12.0. The largest absolute Gasteiger partial charge is 0.334 e. The third-order valence-corrected chi connectivity index (χ3v) is 3.25. The monoisotopic (exact) mass is 237 g/mol. The van der Waals surface area contributed by atoms with Crippen LogP contribution in [0.15, 0.2) is 6.20 Å². The van der Waals surface area contributed by atoms with Gasteiger partial charge in [0, 0.05) is 12.6 Å². The van der Waals surface area contributed by atoms with Gasteiger partial charge in [-0.25, -0.2) is 0 Å². The van der Waals surface area contributed by atoms with Crippen molar-refractivity contribution in [3.05, 3.63) is 11.9 Å². The second-order valence-corrected chi connectivity index (χ2v) is 4.40. The number of amides is 1. The van der Waals surface area contributed by atoms with E-state index in [0.29, 0.717) is 11.7 Å². The summed E-state index contributed by atoms with van der Waals surface area (Å²) in [6, 6.07) is 0.334. The van der Waals surface area contributed by atoms with Gasteiger partial charge in [-0.05, 0) is 39.3 Å². The Morgan fingerprint density at radius 1 is 1.65 bits per heavy atom. The second kappa shape index (κ2) is 5.77. The van der Waals surface area contributed by atoms with Crippen molar-refractivity contribution in [2.75, 3.05) is 20.1 Å². The number of piperidine rings is 1. The zero-order chi connectivity index (χ0) is 12.1. The standard InChI is InChI=1S/C11H19N5O/c1-12-6-5-9-4-2-3-7-16(9)11(17)10-8-13-15-14-10/h8-9,12H,2-7H2,1H3,(H,13,14,15). The van der Waals surface area contributed by atoms with Crippen LogP contribution in [0.4, 0.5) is 0 Å². The van der Waals surface area contributed by atoms with Gasteiger partial charge in [-0.2, -0.15) is 15.4 Å². The van der Waals surface area contributed by atoms with Crippen LogP contribution in [0, 0.1) is 0 Å². The van der Waals surface area contributed by atoms with Crippen molar-refractivity contribution in [1.29, 1.82) is 0 Å². The van der Waals surface area contributed by atoms with Crippen LogP contribution in [0.3, 0.4) is 0 Å². The molecule has 94 valence electrons. The molecule has 0 spiro atoms. The number of nitrogens with zero attached hydrogens (tertiary/aromatic N) is 3. The molecule has 0 aliphatic carbocycles. The first-order valence-electron chi connectivity index (χ1n) is 6.14. The molecule has 0 radical (unpaired) electrons. The zero-order valence-corrected chi connectivity index (χ0v) is 10.1. The summed E-state index contributed by atoms with van der Waals surface area (Å²) in [6.45, 7) is 1.77. The summed E-state index contributed by atoms with van der Waals surface area (Å²) >= 11 is 0. The van der Waals surface area contributed by atoms with E-state index in [1.165, 1.54) is 12.6 Å². The van der Waals surface area contributed by atoms with E-state index in [1.807, 2.05) is 11.9 Å². The maximum Gasteiger partial charge on any atom is 0.276 e. The number of carbonyl (C=O) groups is 1. The first-order chi connectivity index (χ1) is 8.33. The fraction of sp³-hybridized carbons (Fsp3) is 0.727. The number of carbonyl (C=O) groups excluding carboxylic acids is 1. The Kier molecular flexibility index (Phi) is 4.08. The summed E-state index contributed by atoms with van der Waals surface area (Å²) in [6.07, 6.45) is 5.87. The summed E-state index contributed by atoms with van der Waals surface area (Å²) in [7, 11) is 1.94. The molecule has 1 saturated heterocycles. The molecular weight excluding hydrogens is 218 g/mol. The quantitative estimate of drug-likeness (QED) is 0.795. The van der Waals surface area contributed by atoms with Crippen molar-refractivity contribution in [1.82, 2.24) is 25.6 Å². The average molecular weight is 237 g/mol. The molecule has 2 heterocycles. The van der Waals surface area contributed by atoms with Gasteiger partial charge >= 0.3 is 0 Å². The zero-order valence-electron chi connectivity index (χ0n) is 10.1. The lowest BCUT2D eigenvalue weighted by molar-refractivity contribution is 0.0596.